The molecular weight excluding hydrogens is 240 g/mol. The van der Waals surface area contributed by atoms with Crippen molar-refractivity contribution in [3.8, 4) is 0 Å². The zero-order chi connectivity index (χ0) is 13.2. The number of ether oxygens (including phenoxy) is 1. The van der Waals surface area contributed by atoms with Crippen molar-refractivity contribution in [3.05, 3.63) is 17.7 Å². The zero-order valence-electron chi connectivity index (χ0n) is 11.5. The SMILES string of the molecule is CC1C=C(N)c2nnc(COC3CCCCC3)n2C1. The van der Waals surface area contributed by atoms with Gasteiger partial charge in [-0.2, -0.15) is 0 Å². The van der Waals surface area contributed by atoms with Crippen LogP contribution in [0, 0.1) is 5.92 Å². The molecule has 3 rings (SSSR count). The fourth-order valence-corrected chi connectivity index (χ4v) is 2.99. The monoisotopic (exact) mass is 262 g/mol. The molecule has 2 N–H and O–H groups in total. The van der Waals surface area contributed by atoms with Crippen molar-refractivity contribution in [3.63, 3.8) is 0 Å². The van der Waals surface area contributed by atoms with Crippen molar-refractivity contribution in [1.82, 2.24) is 14.8 Å². The third-order valence-corrected chi connectivity index (χ3v) is 4.02. The Balaban J connectivity index is 1.67. The molecule has 1 aliphatic carbocycles. The summed E-state index contributed by atoms with van der Waals surface area (Å²) in [6.07, 6.45) is 8.73. The van der Waals surface area contributed by atoms with Gasteiger partial charge in [-0.05, 0) is 18.8 Å². The van der Waals surface area contributed by atoms with Crippen LogP contribution in [0.2, 0.25) is 0 Å². The zero-order valence-corrected chi connectivity index (χ0v) is 11.5. The molecule has 0 amide bonds. The van der Waals surface area contributed by atoms with Crippen molar-refractivity contribution in [2.75, 3.05) is 0 Å². The lowest BCUT2D eigenvalue weighted by molar-refractivity contribution is 0.0119. The van der Waals surface area contributed by atoms with E-state index in [1.54, 1.807) is 0 Å². The molecule has 19 heavy (non-hydrogen) atoms. The van der Waals surface area contributed by atoms with Crippen molar-refractivity contribution in [1.29, 1.82) is 0 Å². The quantitative estimate of drug-likeness (QED) is 0.905. The lowest BCUT2D eigenvalue weighted by Crippen LogP contribution is -2.22. The van der Waals surface area contributed by atoms with E-state index >= 15 is 0 Å². The smallest absolute Gasteiger partial charge is 0.179 e. The first-order valence-corrected chi connectivity index (χ1v) is 7.25. The van der Waals surface area contributed by atoms with Crippen LogP contribution in [0.1, 0.15) is 50.7 Å². The van der Waals surface area contributed by atoms with E-state index in [4.69, 9.17) is 10.5 Å². The molecule has 1 unspecified atom stereocenters. The summed E-state index contributed by atoms with van der Waals surface area (Å²) in [7, 11) is 0. The lowest BCUT2D eigenvalue weighted by Gasteiger charge is -2.23. The van der Waals surface area contributed by atoms with Gasteiger partial charge < -0.3 is 15.0 Å². The van der Waals surface area contributed by atoms with Crippen molar-refractivity contribution in [2.24, 2.45) is 11.7 Å². The first kappa shape index (κ1) is 12.7. The standard InChI is InChI=1S/C14H22N4O/c1-10-7-12(15)14-17-16-13(18(14)8-10)9-19-11-5-3-2-4-6-11/h7,10-11H,2-6,8-9,15H2,1H3. The second kappa shape index (κ2) is 5.33. The van der Waals surface area contributed by atoms with Gasteiger partial charge in [-0.3, -0.25) is 0 Å². The maximum Gasteiger partial charge on any atom is 0.179 e. The molecule has 0 spiro atoms. The molecule has 1 saturated carbocycles. The van der Waals surface area contributed by atoms with Crippen LogP contribution in [0.5, 0.6) is 0 Å². The predicted octanol–water partition coefficient (Wildman–Crippen LogP) is 2.08. The number of rotatable bonds is 3. The molecule has 1 aromatic rings. The van der Waals surface area contributed by atoms with Crippen LogP contribution in [0.15, 0.2) is 6.08 Å². The number of allylic oxidation sites excluding steroid dienone is 1. The fraction of sp³-hybridized carbons (Fsp3) is 0.714. The minimum absolute atomic E-state index is 0.399. The molecule has 1 aromatic heterocycles. The Morgan fingerprint density at radius 1 is 1.32 bits per heavy atom. The molecule has 0 saturated heterocycles. The summed E-state index contributed by atoms with van der Waals surface area (Å²) in [6, 6.07) is 0. The highest BCUT2D eigenvalue weighted by Gasteiger charge is 2.21. The highest BCUT2D eigenvalue weighted by Crippen LogP contribution is 2.23. The van der Waals surface area contributed by atoms with Gasteiger partial charge in [-0.15, -0.1) is 10.2 Å². The first-order chi connectivity index (χ1) is 9.24. The maximum absolute atomic E-state index is 5.99. The highest BCUT2D eigenvalue weighted by molar-refractivity contribution is 5.57. The van der Waals surface area contributed by atoms with Gasteiger partial charge in [-0.1, -0.05) is 32.3 Å². The molecule has 1 atom stereocenters. The number of hydrogen-bond acceptors (Lipinski definition) is 4. The van der Waals surface area contributed by atoms with E-state index < -0.39 is 0 Å². The number of fused-ring (bicyclic) bond motifs is 1. The number of nitrogens with two attached hydrogens (primary N) is 1. The summed E-state index contributed by atoms with van der Waals surface area (Å²) in [4.78, 5) is 0. The molecule has 0 radical (unpaired) electrons. The Bertz CT molecular complexity index is 474. The molecule has 0 aromatic carbocycles. The van der Waals surface area contributed by atoms with Gasteiger partial charge in [0.25, 0.3) is 0 Å². The van der Waals surface area contributed by atoms with Gasteiger partial charge in [0.15, 0.2) is 11.6 Å². The molecule has 2 aliphatic rings. The van der Waals surface area contributed by atoms with Crippen molar-refractivity contribution < 1.29 is 4.74 Å². The molecule has 2 heterocycles. The lowest BCUT2D eigenvalue weighted by atomic mass is 9.98. The number of hydrogen-bond donors (Lipinski definition) is 1. The average Bonchev–Trinajstić information content (AvgIpc) is 2.81. The Kier molecular flexibility index (Phi) is 3.55. The van der Waals surface area contributed by atoms with Crippen LogP contribution in [-0.4, -0.2) is 20.9 Å². The third-order valence-electron chi connectivity index (χ3n) is 4.02. The summed E-state index contributed by atoms with van der Waals surface area (Å²) in [5, 5.41) is 8.41. The van der Waals surface area contributed by atoms with E-state index in [1.807, 2.05) is 0 Å². The fourth-order valence-electron chi connectivity index (χ4n) is 2.99. The molecular formula is C14H22N4O. The van der Waals surface area contributed by atoms with E-state index in [9.17, 15) is 0 Å². The van der Waals surface area contributed by atoms with Gasteiger partial charge in [0.2, 0.25) is 0 Å². The summed E-state index contributed by atoms with van der Waals surface area (Å²) < 4.78 is 8.08. The van der Waals surface area contributed by atoms with Gasteiger partial charge in [0.1, 0.15) is 6.61 Å². The largest absolute Gasteiger partial charge is 0.396 e. The Morgan fingerprint density at radius 3 is 2.89 bits per heavy atom. The topological polar surface area (TPSA) is 66.0 Å². The summed E-state index contributed by atoms with van der Waals surface area (Å²) in [5.41, 5.74) is 6.72. The van der Waals surface area contributed by atoms with E-state index in [2.05, 4.69) is 27.8 Å². The normalized spacial score (nSPS) is 24.1. The van der Waals surface area contributed by atoms with Crippen LogP contribution in [-0.2, 0) is 17.9 Å². The van der Waals surface area contributed by atoms with Gasteiger partial charge in [0, 0.05) is 6.54 Å². The Labute approximate surface area is 113 Å². The van der Waals surface area contributed by atoms with Gasteiger partial charge in [0.05, 0.1) is 11.8 Å². The third kappa shape index (κ3) is 2.66. The second-order valence-corrected chi connectivity index (χ2v) is 5.72. The van der Waals surface area contributed by atoms with E-state index in [0.29, 0.717) is 18.6 Å². The molecule has 5 nitrogen and oxygen atoms in total. The molecule has 104 valence electrons. The van der Waals surface area contributed by atoms with Crippen LogP contribution in [0.25, 0.3) is 5.70 Å². The minimum atomic E-state index is 0.399. The molecule has 0 bridgehead atoms. The van der Waals surface area contributed by atoms with E-state index in [0.717, 1.165) is 23.9 Å². The Morgan fingerprint density at radius 2 is 2.11 bits per heavy atom. The minimum Gasteiger partial charge on any atom is -0.396 e. The summed E-state index contributed by atoms with van der Waals surface area (Å²) in [6.45, 7) is 3.60. The van der Waals surface area contributed by atoms with Crippen LogP contribution < -0.4 is 5.73 Å². The van der Waals surface area contributed by atoms with Gasteiger partial charge in [-0.25, -0.2) is 0 Å². The predicted molar refractivity (Wildman–Crippen MR) is 73.0 cm³/mol. The molecule has 1 aliphatic heterocycles. The maximum atomic E-state index is 5.99. The first-order valence-electron chi connectivity index (χ1n) is 7.25. The van der Waals surface area contributed by atoms with Crippen molar-refractivity contribution in [2.45, 2.75) is 58.3 Å². The average molecular weight is 262 g/mol. The molecule has 1 fully saturated rings. The summed E-state index contributed by atoms with van der Waals surface area (Å²) >= 11 is 0. The van der Waals surface area contributed by atoms with Crippen LogP contribution >= 0.6 is 0 Å². The van der Waals surface area contributed by atoms with E-state index in [-0.39, 0.29) is 0 Å². The van der Waals surface area contributed by atoms with Gasteiger partial charge >= 0.3 is 0 Å². The highest BCUT2D eigenvalue weighted by atomic mass is 16.5. The number of aromatic nitrogens is 3. The number of nitrogens with zero attached hydrogens (tertiary/aromatic N) is 3. The van der Waals surface area contributed by atoms with Crippen LogP contribution in [0.4, 0.5) is 0 Å². The summed E-state index contributed by atoms with van der Waals surface area (Å²) in [5.74, 6) is 2.13. The van der Waals surface area contributed by atoms with Crippen molar-refractivity contribution >= 4 is 5.70 Å². The van der Waals surface area contributed by atoms with Crippen LogP contribution in [0.3, 0.4) is 0 Å². The Hall–Kier alpha value is -1.36. The second-order valence-electron chi connectivity index (χ2n) is 5.72. The molecule has 5 heteroatoms. The van der Waals surface area contributed by atoms with E-state index in [1.165, 1.54) is 32.1 Å².